The Morgan fingerprint density at radius 1 is 0.300 bits per heavy atom. The summed E-state index contributed by atoms with van der Waals surface area (Å²) in [4.78, 5) is 12.7. The Morgan fingerprint density at radius 2 is 0.525 bits per heavy atom. The second-order valence-corrected chi connectivity index (χ2v) is 25.3. The topological polar surface area (TPSA) is 110 Å². The Labute approximate surface area is 500 Å². The summed E-state index contributed by atoms with van der Waals surface area (Å²) in [5, 5.41) is 44.2. The maximum atomic E-state index is 12.7. The smallest absolute Gasteiger partial charge is 0.249 e. The van der Waals surface area contributed by atoms with Crippen LogP contribution in [0.3, 0.4) is 0 Å². The minimum atomic E-state index is -1.29. The molecule has 0 spiro atoms. The molecule has 5 N–H and O–H groups in total. The average Bonchev–Trinajstić information content (AvgIpc) is 3.46. The minimum absolute atomic E-state index is 0.362. The van der Waals surface area contributed by atoms with Gasteiger partial charge in [0, 0.05) is 0 Å². The van der Waals surface area contributed by atoms with E-state index in [1.54, 1.807) is 0 Å². The molecular weight excluding hydrogens is 983 g/mol. The van der Waals surface area contributed by atoms with Crippen molar-refractivity contribution in [1.29, 1.82) is 0 Å². The van der Waals surface area contributed by atoms with Crippen molar-refractivity contribution in [3.05, 3.63) is 36.5 Å². The molecule has 1 amide bonds. The summed E-state index contributed by atoms with van der Waals surface area (Å²) in [6.45, 7) is 4.10. The fraction of sp³-hybridized carbons (Fsp3) is 0.905. The van der Waals surface area contributed by atoms with Crippen molar-refractivity contribution in [3.63, 3.8) is 0 Å². The molecule has 80 heavy (non-hydrogen) atoms. The molecule has 6 nitrogen and oxygen atoms in total. The number of aliphatic hydroxyl groups is 4. The highest BCUT2D eigenvalue weighted by atomic mass is 16.3. The van der Waals surface area contributed by atoms with Gasteiger partial charge in [-0.05, 0) is 64.2 Å². The molecular formula is C74H143NO5. The van der Waals surface area contributed by atoms with Crippen molar-refractivity contribution in [2.24, 2.45) is 0 Å². The SMILES string of the molecule is CCCCCCCCCCCCCCCCCCCCC/C=C/CC/C=C/CC/C=C/CCCC(O)C(O)C(CO)NC(=O)C(O)CCCCCCCCCCCCCCCCCCCCCCCCCCCCCCCCCC. The summed E-state index contributed by atoms with van der Waals surface area (Å²) in [5.41, 5.74) is 0. The van der Waals surface area contributed by atoms with Crippen LogP contribution in [-0.2, 0) is 4.79 Å². The van der Waals surface area contributed by atoms with Crippen LogP contribution in [0.4, 0.5) is 0 Å². The van der Waals surface area contributed by atoms with Crippen LogP contribution in [0.2, 0.25) is 0 Å². The van der Waals surface area contributed by atoms with Gasteiger partial charge < -0.3 is 25.7 Å². The molecule has 0 aliphatic heterocycles. The number of rotatable bonds is 68. The van der Waals surface area contributed by atoms with Crippen molar-refractivity contribution in [3.8, 4) is 0 Å². The van der Waals surface area contributed by atoms with E-state index in [0.717, 1.165) is 51.4 Å². The predicted molar refractivity (Wildman–Crippen MR) is 353 cm³/mol. The molecule has 0 saturated heterocycles. The summed E-state index contributed by atoms with van der Waals surface area (Å²) in [6, 6.07) is -1.01. The molecule has 0 radical (unpaired) electrons. The molecule has 0 aromatic carbocycles. The van der Waals surface area contributed by atoms with Crippen molar-refractivity contribution < 1.29 is 25.2 Å². The molecule has 0 aromatic rings. The number of allylic oxidation sites excluding steroid dienone is 6. The van der Waals surface area contributed by atoms with Crippen LogP contribution < -0.4 is 5.32 Å². The highest BCUT2D eigenvalue weighted by molar-refractivity contribution is 5.80. The van der Waals surface area contributed by atoms with Gasteiger partial charge in [-0.15, -0.1) is 0 Å². The van der Waals surface area contributed by atoms with Gasteiger partial charge in [0.1, 0.15) is 12.2 Å². The third kappa shape index (κ3) is 61.1. The molecule has 0 saturated carbocycles. The highest BCUT2D eigenvalue weighted by Gasteiger charge is 2.28. The number of carbonyl (C=O) groups excluding carboxylic acids is 1. The van der Waals surface area contributed by atoms with Crippen LogP contribution in [0.5, 0.6) is 0 Å². The van der Waals surface area contributed by atoms with E-state index >= 15 is 0 Å². The van der Waals surface area contributed by atoms with Gasteiger partial charge in [0.2, 0.25) is 5.91 Å². The first-order valence-electron chi connectivity index (χ1n) is 36.4. The lowest BCUT2D eigenvalue weighted by atomic mass is 10.00. The van der Waals surface area contributed by atoms with Crippen molar-refractivity contribution >= 4 is 5.91 Å². The third-order valence-corrected chi connectivity index (χ3v) is 17.3. The van der Waals surface area contributed by atoms with Gasteiger partial charge in [0.15, 0.2) is 0 Å². The van der Waals surface area contributed by atoms with E-state index in [1.807, 2.05) is 0 Å². The first kappa shape index (κ1) is 78.5. The zero-order valence-electron chi connectivity index (χ0n) is 54.1. The number of hydrogen-bond donors (Lipinski definition) is 5. The van der Waals surface area contributed by atoms with E-state index in [4.69, 9.17) is 0 Å². The van der Waals surface area contributed by atoms with Crippen LogP contribution in [0.1, 0.15) is 399 Å². The van der Waals surface area contributed by atoms with Gasteiger partial charge in [-0.2, -0.15) is 0 Å². The molecule has 0 rings (SSSR count). The average molecular weight is 1130 g/mol. The number of carbonyl (C=O) groups is 1. The van der Waals surface area contributed by atoms with E-state index in [9.17, 15) is 25.2 Å². The molecule has 0 bridgehead atoms. The second kappa shape index (κ2) is 68.3. The largest absolute Gasteiger partial charge is 0.394 e. The number of unbranched alkanes of at least 4 members (excludes halogenated alkanes) is 53. The predicted octanol–water partition coefficient (Wildman–Crippen LogP) is 22.7. The summed E-state index contributed by atoms with van der Waals surface area (Å²) >= 11 is 0. The molecule has 4 unspecified atom stereocenters. The lowest BCUT2D eigenvalue weighted by Gasteiger charge is -2.27. The quantitative estimate of drug-likeness (QED) is 0.0308. The number of aliphatic hydroxyl groups excluding tert-OH is 4. The molecule has 6 heteroatoms. The number of nitrogens with one attached hydrogen (secondary N) is 1. The van der Waals surface area contributed by atoms with Gasteiger partial charge >= 0.3 is 0 Å². The zero-order valence-corrected chi connectivity index (χ0v) is 54.1. The standard InChI is InChI=1S/C74H143NO5/c1-3-5-7-9-11-13-15-17-19-21-23-25-27-29-31-33-35-37-39-41-43-45-47-49-51-53-55-57-59-61-63-65-67-71(77)73(79)70(69-76)75-74(80)72(78)68-66-64-62-60-58-56-54-52-50-48-46-44-42-40-38-36-34-32-30-28-26-24-22-20-18-16-14-12-10-8-6-4-2/h43,45,51,53,59,61,70-73,76-79H,3-42,44,46-50,52,54-58,60,62-69H2,1-2H3,(H,75,80)/b45-43+,53-51+,61-59+. The molecule has 0 aliphatic rings. The van der Waals surface area contributed by atoms with Gasteiger partial charge in [-0.1, -0.05) is 371 Å². The molecule has 0 aromatic heterocycles. The number of amides is 1. The van der Waals surface area contributed by atoms with Crippen molar-refractivity contribution in [1.82, 2.24) is 5.32 Å². The monoisotopic (exact) mass is 1130 g/mol. The van der Waals surface area contributed by atoms with Gasteiger partial charge in [-0.25, -0.2) is 0 Å². The Morgan fingerprint density at radius 3 is 0.787 bits per heavy atom. The van der Waals surface area contributed by atoms with Crippen LogP contribution in [-0.4, -0.2) is 57.3 Å². The Kier molecular flexibility index (Phi) is 67.1. The lowest BCUT2D eigenvalue weighted by molar-refractivity contribution is -0.132. The molecule has 474 valence electrons. The minimum Gasteiger partial charge on any atom is -0.394 e. The van der Waals surface area contributed by atoms with Crippen LogP contribution >= 0.6 is 0 Å². The van der Waals surface area contributed by atoms with Gasteiger partial charge in [0.25, 0.3) is 0 Å². The second-order valence-electron chi connectivity index (χ2n) is 25.3. The maximum absolute atomic E-state index is 12.7. The molecule has 4 atom stereocenters. The molecule has 0 fully saturated rings. The van der Waals surface area contributed by atoms with E-state index < -0.39 is 36.9 Å². The summed E-state index contributed by atoms with van der Waals surface area (Å²) in [7, 11) is 0. The first-order chi connectivity index (χ1) is 39.5. The number of hydrogen-bond acceptors (Lipinski definition) is 5. The Balaban J connectivity index is 3.58. The molecule has 0 aliphatic carbocycles. The maximum Gasteiger partial charge on any atom is 0.249 e. The fourth-order valence-electron chi connectivity index (χ4n) is 11.7. The van der Waals surface area contributed by atoms with E-state index in [1.165, 1.54) is 315 Å². The van der Waals surface area contributed by atoms with E-state index in [2.05, 4.69) is 55.6 Å². The molecule has 0 heterocycles. The van der Waals surface area contributed by atoms with Crippen LogP contribution in [0, 0.1) is 0 Å². The summed E-state index contributed by atoms with van der Waals surface area (Å²) < 4.78 is 0. The van der Waals surface area contributed by atoms with Crippen molar-refractivity contribution in [2.75, 3.05) is 6.61 Å². The van der Waals surface area contributed by atoms with Gasteiger partial charge in [0.05, 0.1) is 18.8 Å². The van der Waals surface area contributed by atoms with Gasteiger partial charge in [-0.3, -0.25) is 4.79 Å². The third-order valence-electron chi connectivity index (χ3n) is 17.3. The normalized spacial score (nSPS) is 13.6. The Bertz CT molecular complexity index is 1270. The van der Waals surface area contributed by atoms with E-state index in [-0.39, 0.29) is 0 Å². The summed E-state index contributed by atoms with van der Waals surface area (Å²) in [5.74, 6) is -0.592. The Hall–Kier alpha value is -1.47. The highest BCUT2D eigenvalue weighted by Crippen LogP contribution is 2.20. The first-order valence-corrected chi connectivity index (χ1v) is 36.4. The van der Waals surface area contributed by atoms with Crippen molar-refractivity contribution in [2.45, 2.75) is 423 Å². The van der Waals surface area contributed by atoms with E-state index in [0.29, 0.717) is 19.3 Å². The fourth-order valence-corrected chi connectivity index (χ4v) is 11.7. The van der Waals surface area contributed by atoms with Crippen LogP contribution in [0.15, 0.2) is 36.5 Å². The van der Waals surface area contributed by atoms with Crippen LogP contribution in [0.25, 0.3) is 0 Å². The summed E-state index contributed by atoms with van der Waals surface area (Å²) in [6.07, 6.45) is 88.6. The lowest BCUT2D eigenvalue weighted by Crippen LogP contribution is -2.53. The zero-order chi connectivity index (χ0) is 58.0.